The average molecular weight is 244 g/mol. The lowest BCUT2D eigenvalue weighted by atomic mass is 10.1. The molecule has 1 amide bonds. The fourth-order valence-corrected chi connectivity index (χ4v) is 2.27. The topological polar surface area (TPSA) is 50.8 Å². The quantitative estimate of drug-likeness (QED) is 0.753. The molecule has 0 radical (unpaired) electrons. The van der Waals surface area contributed by atoms with Crippen molar-refractivity contribution in [1.82, 2.24) is 10.2 Å². The molecular weight excluding hydrogens is 220 g/mol. The van der Waals surface area contributed by atoms with Gasteiger partial charge in [0, 0.05) is 26.7 Å². The number of carbonyl (C=O) groups is 1. The number of hydrogen-bond donors (Lipinski definition) is 1. The third-order valence-electron chi connectivity index (χ3n) is 2.65. The van der Waals surface area contributed by atoms with E-state index >= 15 is 0 Å². The summed E-state index contributed by atoms with van der Waals surface area (Å²) in [5, 5.41) is 2.81. The first-order valence-corrected chi connectivity index (χ1v) is 6.12. The summed E-state index contributed by atoms with van der Waals surface area (Å²) in [6.45, 7) is 9.19. The maximum atomic E-state index is 11.6. The number of methoxy groups -OCH3 is 1. The van der Waals surface area contributed by atoms with Crippen molar-refractivity contribution in [3.63, 3.8) is 0 Å². The van der Waals surface area contributed by atoms with Gasteiger partial charge < -0.3 is 14.8 Å². The van der Waals surface area contributed by atoms with E-state index < -0.39 is 0 Å². The number of hydrogen-bond acceptors (Lipinski definition) is 4. The monoisotopic (exact) mass is 244 g/mol. The number of rotatable bonds is 5. The van der Waals surface area contributed by atoms with Crippen molar-refractivity contribution in [2.75, 3.05) is 39.9 Å². The van der Waals surface area contributed by atoms with Crippen LogP contribution in [0.3, 0.4) is 0 Å². The largest absolute Gasteiger partial charge is 0.382 e. The van der Waals surface area contributed by atoms with Gasteiger partial charge in [-0.2, -0.15) is 0 Å². The summed E-state index contributed by atoms with van der Waals surface area (Å²) in [7, 11) is 1.67. The summed E-state index contributed by atoms with van der Waals surface area (Å²) >= 11 is 0. The third-order valence-corrected chi connectivity index (χ3v) is 2.65. The number of ether oxygens (including phenoxy) is 2. The van der Waals surface area contributed by atoms with Gasteiger partial charge in [0.15, 0.2) is 0 Å². The van der Waals surface area contributed by atoms with E-state index in [1.165, 1.54) is 0 Å². The Hall–Kier alpha value is -0.650. The van der Waals surface area contributed by atoms with Crippen LogP contribution < -0.4 is 5.32 Å². The van der Waals surface area contributed by atoms with Crippen LogP contribution in [0.1, 0.15) is 20.8 Å². The van der Waals surface area contributed by atoms with E-state index in [0.29, 0.717) is 19.7 Å². The number of nitrogens with one attached hydrogen (secondary N) is 1. The molecule has 1 atom stereocenters. The molecule has 0 spiro atoms. The van der Waals surface area contributed by atoms with Crippen molar-refractivity contribution in [2.24, 2.45) is 0 Å². The molecule has 0 aromatic carbocycles. The molecule has 1 N–H and O–H groups in total. The van der Waals surface area contributed by atoms with Crippen LogP contribution in [0.4, 0.5) is 0 Å². The normalized spacial score (nSPS) is 24.6. The Bertz CT molecular complexity index is 256. The van der Waals surface area contributed by atoms with Crippen LogP contribution in [0.5, 0.6) is 0 Å². The van der Waals surface area contributed by atoms with Crippen LogP contribution in [0, 0.1) is 0 Å². The van der Waals surface area contributed by atoms with Crippen molar-refractivity contribution in [2.45, 2.75) is 32.5 Å². The highest BCUT2D eigenvalue weighted by Gasteiger charge is 2.33. The summed E-state index contributed by atoms with van der Waals surface area (Å²) in [5.74, 6) is 0.0707. The number of morpholine rings is 1. The van der Waals surface area contributed by atoms with E-state index in [4.69, 9.17) is 9.47 Å². The Morgan fingerprint density at radius 2 is 2.29 bits per heavy atom. The van der Waals surface area contributed by atoms with Gasteiger partial charge in [0.05, 0.1) is 24.9 Å². The highest BCUT2D eigenvalue weighted by molar-refractivity contribution is 5.77. The molecular formula is C12H24N2O3. The Morgan fingerprint density at radius 3 is 2.88 bits per heavy atom. The van der Waals surface area contributed by atoms with Gasteiger partial charge >= 0.3 is 0 Å². The predicted molar refractivity (Wildman–Crippen MR) is 66.0 cm³/mol. The molecule has 1 saturated heterocycles. The Kier molecular flexibility index (Phi) is 5.36. The van der Waals surface area contributed by atoms with Crippen LogP contribution in [-0.2, 0) is 14.3 Å². The zero-order chi connectivity index (χ0) is 12.9. The fourth-order valence-electron chi connectivity index (χ4n) is 2.27. The molecule has 1 heterocycles. The van der Waals surface area contributed by atoms with Crippen LogP contribution in [0.2, 0.25) is 0 Å². The molecule has 0 aromatic rings. The van der Waals surface area contributed by atoms with Crippen molar-refractivity contribution in [3.05, 3.63) is 0 Å². The summed E-state index contributed by atoms with van der Waals surface area (Å²) in [6, 6.07) is 0. The smallest absolute Gasteiger partial charge is 0.234 e. The Labute approximate surface area is 103 Å². The minimum absolute atomic E-state index is 0.0400. The van der Waals surface area contributed by atoms with Crippen LogP contribution in [0.25, 0.3) is 0 Å². The number of carbonyl (C=O) groups excluding carboxylic acids is 1. The summed E-state index contributed by atoms with van der Waals surface area (Å²) < 4.78 is 11.0. The van der Waals surface area contributed by atoms with Gasteiger partial charge in [-0.05, 0) is 20.8 Å². The first kappa shape index (κ1) is 14.4. The molecule has 1 unspecified atom stereocenters. The second-order valence-corrected chi connectivity index (χ2v) is 5.08. The Balaban J connectivity index is 2.51. The van der Waals surface area contributed by atoms with Crippen molar-refractivity contribution < 1.29 is 14.3 Å². The van der Waals surface area contributed by atoms with Gasteiger partial charge in [-0.1, -0.05) is 0 Å². The molecule has 1 fully saturated rings. The summed E-state index contributed by atoms with van der Waals surface area (Å²) in [5.41, 5.74) is -0.228. The van der Waals surface area contributed by atoms with Crippen LogP contribution in [0.15, 0.2) is 0 Å². The molecule has 1 aliphatic heterocycles. The minimum Gasteiger partial charge on any atom is -0.382 e. The first-order chi connectivity index (χ1) is 7.96. The van der Waals surface area contributed by atoms with Crippen molar-refractivity contribution in [1.29, 1.82) is 0 Å². The first-order valence-electron chi connectivity index (χ1n) is 6.12. The van der Waals surface area contributed by atoms with Crippen molar-refractivity contribution >= 4 is 5.91 Å². The van der Waals surface area contributed by atoms with Gasteiger partial charge in [0.1, 0.15) is 0 Å². The zero-order valence-corrected chi connectivity index (χ0v) is 11.3. The lowest BCUT2D eigenvalue weighted by Crippen LogP contribution is -2.55. The average Bonchev–Trinajstić information content (AvgIpc) is 2.15. The molecule has 0 aromatic heterocycles. The highest BCUT2D eigenvalue weighted by Crippen LogP contribution is 2.20. The van der Waals surface area contributed by atoms with E-state index in [1.807, 2.05) is 20.8 Å². The zero-order valence-electron chi connectivity index (χ0n) is 11.3. The van der Waals surface area contributed by atoms with E-state index in [2.05, 4.69) is 10.2 Å². The van der Waals surface area contributed by atoms with E-state index in [9.17, 15) is 4.79 Å². The van der Waals surface area contributed by atoms with Crippen molar-refractivity contribution in [3.8, 4) is 0 Å². The number of nitrogens with zero attached hydrogens (tertiary/aromatic N) is 1. The van der Waals surface area contributed by atoms with Crippen LogP contribution >= 0.6 is 0 Å². The Morgan fingerprint density at radius 1 is 1.59 bits per heavy atom. The van der Waals surface area contributed by atoms with E-state index in [1.54, 1.807) is 7.11 Å². The third kappa shape index (κ3) is 5.02. The lowest BCUT2D eigenvalue weighted by Gasteiger charge is -2.42. The second kappa shape index (κ2) is 6.33. The number of likely N-dealkylation sites (N-methyl/N-ethyl adjacent to an activating group) is 1. The van der Waals surface area contributed by atoms with Gasteiger partial charge in [0.25, 0.3) is 0 Å². The predicted octanol–water partition coefficient (Wildman–Crippen LogP) is 0.248. The molecule has 17 heavy (non-hydrogen) atoms. The SMILES string of the molecule is CCNC(=O)CN1CC(COC)OC(C)(C)C1. The van der Waals surface area contributed by atoms with E-state index in [0.717, 1.165) is 13.1 Å². The molecule has 5 nitrogen and oxygen atoms in total. The summed E-state index contributed by atoms with van der Waals surface area (Å²) in [6.07, 6.45) is 0.0400. The fraction of sp³-hybridized carbons (Fsp3) is 0.917. The summed E-state index contributed by atoms with van der Waals surface area (Å²) in [4.78, 5) is 13.7. The molecule has 1 aliphatic rings. The molecule has 0 saturated carbocycles. The van der Waals surface area contributed by atoms with Crippen LogP contribution in [-0.4, -0.2) is 62.4 Å². The number of amides is 1. The lowest BCUT2D eigenvalue weighted by molar-refractivity contribution is -0.155. The van der Waals surface area contributed by atoms with E-state index in [-0.39, 0.29) is 17.6 Å². The minimum atomic E-state index is -0.228. The van der Waals surface area contributed by atoms with Gasteiger partial charge in [-0.25, -0.2) is 0 Å². The van der Waals surface area contributed by atoms with Gasteiger partial charge in [-0.15, -0.1) is 0 Å². The standard InChI is InChI=1S/C12H24N2O3/c1-5-13-11(15)7-14-6-10(8-16-4)17-12(2,3)9-14/h10H,5-9H2,1-4H3,(H,13,15). The molecule has 0 bridgehead atoms. The molecule has 1 rings (SSSR count). The highest BCUT2D eigenvalue weighted by atomic mass is 16.5. The molecule has 0 aliphatic carbocycles. The van der Waals surface area contributed by atoms with Gasteiger partial charge in [0.2, 0.25) is 5.91 Å². The second-order valence-electron chi connectivity index (χ2n) is 5.08. The molecule has 100 valence electrons. The van der Waals surface area contributed by atoms with Gasteiger partial charge in [-0.3, -0.25) is 9.69 Å². The maximum absolute atomic E-state index is 11.6. The molecule has 5 heteroatoms. The maximum Gasteiger partial charge on any atom is 0.234 e.